The molecule has 0 amide bonds. The van der Waals surface area contributed by atoms with Crippen LogP contribution in [0.15, 0.2) is 42.6 Å². The number of nitrogens with one attached hydrogen (secondary N) is 1. The fraction of sp³-hybridized carbons (Fsp3) is 0.333. The van der Waals surface area contributed by atoms with Crippen LogP contribution in [0.1, 0.15) is 30.2 Å². The van der Waals surface area contributed by atoms with Crippen molar-refractivity contribution < 1.29 is 22.6 Å². The molecule has 4 aromatic rings. The first-order valence-electron chi connectivity index (χ1n) is 11.2. The molecule has 4 rings (SSSR count). The Morgan fingerprint density at radius 1 is 1.08 bits per heavy atom. The van der Waals surface area contributed by atoms with E-state index in [1.165, 1.54) is 27.5 Å². The van der Waals surface area contributed by atoms with Gasteiger partial charge in [-0.25, -0.2) is 8.42 Å². The first-order chi connectivity index (χ1) is 17.7. The first-order valence-corrected chi connectivity index (χ1v) is 13.3. The molecule has 11 nitrogen and oxygen atoms in total. The quantitative estimate of drug-likeness (QED) is 0.315. The number of halogens is 1. The second-order valence-corrected chi connectivity index (χ2v) is 11.1. The molecule has 1 aromatic carbocycles. The van der Waals surface area contributed by atoms with Gasteiger partial charge in [-0.3, -0.25) is 14.6 Å². The summed E-state index contributed by atoms with van der Waals surface area (Å²) in [6.07, 6.45) is 0.623. The second kappa shape index (κ2) is 10.9. The predicted octanol–water partition coefficient (Wildman–Crippen LogP) is 3.72. The van der Waals surface area contributed by atoms with Crippen LogP contribution in [-0.2, 0) is 20.3 Å². The van der Waals surface area contributed by atoms with Crippen LogP contribution in [-0.4, -0.2) is 64.9 Å². The molecule has 3 aromatic heterocycles. The van der Waals surface area contributed by atoms with E-state index in [0.717, 1.165) is 5.69 Å². The Morgan fingerprint density at radius 3 is 2.32 bits per heavy atom. The topological polar surface area (TPSA) is 134 Å². The lowest BCUT2D eigenvalue weighted by Crippen LogP contribution is -2.29. The van der Waals surface area contributed by atoms with Gasteiger partial charge in [0.2, 0.25) is 0 Å². The third-order valence-electron chi connectivity index (χ3n) is 5.91. The van der Waals surface area contributed by atoms with E-state index in [2.05, 4.69) is 25.4 Å². The van der Waals surface area contributed by atoms with Crippen LogP contribution < -0.4 is 9.47 Å². The molecular formula is C24H27ClN6O5S. The number of benzene rings is 1. The summed E-state index contributed by atoms with van der Waals surface area (Å²) in [5.74, 6) is 0.926. The zero-order valence-electron chi connectivity index (χ0n) is 21.0. The van der Waals surface area contributed by atoms with E-state index in [9.17, 15) is 8.42 Å². The lowest BCUT2D eigenvalue weighted by molar-refractivity contribution is 0.0987. The van der Waals surface area contributed by atoms with Crippen molar-refractivity contribution in [2.45, 2.75) is 31.0 Å². The molecule has 0 radical (unpaired) electrons. The monoisotopic (exact) mass is 546 g/mol. The molecule has 0 saturated heterocycles. The van der Waals surface area contributed by atoms with Gasteiger partial charge in [0, 0.05) is 19.0 Å². The normalized spacial score (nSPS) is 13.4. The van der Waals surface area contributed by atoms with Crippen LogP contribution >= 0.6 is 11.6 Å². The van der Waals surface area contributed by atoms with Gasteiger partial charge in [0.1, 0.15) is 34.7 Å². The molecule has 0 aliphatic rings. The average Bonchev–Trinajstić information content (AvgIpc) is 3.50. The van der Waals surface area contributed by atoms with Gasteiger partial charge >= 0.3 is 0 Å². The lowest BCUT2D eigenvalue weighted by atomic mass is 10.2. The summed E-state index contributed by atoms with van der Waals surface area (Å²) < 4.78 is 45.7. The molecule has 3 heterocycles. The van der Waals surface area contributed by atoms with E-state index in [-0.39, 0.29) is 5.82 Å². The van der Waals surface area contributed by atoms with Crippen LogP contribution in [0.4, 0.5) is 0 Å². The number of methoxy groups -OCH3 is 3. The Bertz CT molecular complexity index is 1460. The van der Waals surface area contributed by atoms with E-state index >= 15 is 0 Å². The number of pyridine rings is 1. The van der Waals surface area contributed by atoms with E-state index in [0.29, 0.717) is 39.4 Å². The predicted molar refractivity (Wildman–Crippen MR) is 138 cm³/mol. The second-order valence-electron chi connectivity index (χ2n) is 8.29. The molecule has 196 valence electrons. The van der Waals surface area contributed by atoms with Gasteiger partial charge in [-0.05, 0) is 44.2 Å². The summed E-state index contributed by atoms with van der Waals surface area (Å²) in [7, 11) is 0.622. The Kier molecular flexibility index (Phi) is 7.81. The summed E-state index contributed by atoms with van der Waals surface area (Å²) in [6.45, 7) is 3.42. The maximum atomic E-state index is 13.7. The minimum Gasteiger partial charge on any atom is -0.494 e. The van der Waals surface area contributed by atoms with Crippen LogP contribution in [0.2, 0.25) is 5.02 Å². The molecule has 13 heteroatoms. The van der Waals surface area contributed by atoms with Crippen molar-refractivity contribution in [1.29, 1.82) is 0 Å². The van der Waals surface area contributed by atoms with Crippen LogP contribution in [0.5, 0.6) is 11.5 Å². The number of hydrogen-bond acceptors (Lipinski definition) is 9. The maximum Gasteiger partial charge on any atom is 0.189 e. The molecule has 0 bridgehead atoms. The molecule has 0 unspecified atom stereocenters. The summed E-state index contributed by atoms with van der Waals surface area (Å²) >= 11 is 5.95. The molecule has 0 aliphatic heterocycles. The van der Waals surface area contributed by atoms with Crippen LogP contribution in [0.25, 0.3) is 17.2 Å². The largest absolute Gasteiger partial charge is 0.494 e. The maximum absolute atomic E-state index is 13.7. The zero-order valence-corrected chi connectivity index (χ0v) is 22.5. The van der Waals surface area contributed by atoms with Crippen molar-refractivity contribution in [3.63, 3.8) is 0 Å². The van der Waals surface area contributed by atoms with E-state index in [1.807, 2.05) is 6.92 Å². The molecule has 2 atom stereocenters. The number of hydrogen-bond donors (Lipinski definition) is 1. The summed E-state index contributed by atoms with van der Waals surface area (Å²) in [5, 5.41) is 15.2. The van der Waals surface area contributed by atoms with Gasteiger partial charge in [-0.15, -0.1) is 10.2 Å². The van der Waals surface area contributed by atoms with Crippen molar-refractivity contribution in [1.82, 2.24) is 29.9 Å². The molecule has 37 heavy (non-hydrogen) atoms. The van der Waals surface area contributed by atoms with Crippen molar-refractivity contribution in [2.24, 2.45) is 0 Å². The summed E-state index contributed by atoms with van der Waals surface area (Å²) in [6, 6.07) is 10.3. The van der Waals surface area contributed by atoms with Crippen LogP contribution in [0, 0.1) is 6.92 Å². The van der Waals surface area contributed by atoms with E-state index < -0.39 is 26.9 Å². The third kappa shape index (κ3) is 5.31. The minimum absolute atomic E-state index is 0.157. The minimum atomic E-state index is -3.85. The molecule has 0 saturated carbocycles. The average molecular weight is 547 g/mol. The Labute approximate surface area is 219 Å². The Hall–Kier alpha value is -3.48. The number of aryl methyl sites for hydroxylation is 1. The molecule has 0 aliphatic carbocycles. The highest BCUT2D eigenvalue weighted by molar-refractivity contribution is 7.91. The highest BCUT2D eigenvalue weighted by atomic mass is 35.5. The molecular weight excluding hydrogens is 520 g/mol. The van der Waals surface area contributed by atoms with Crippen LogP contribution in [0.3, 0.4) is 0 Å². The van der Waals surface area contributed by atoms with Gasteiger partial charge < -0.3 is 14.2 Å². The highest BCUT2D eigenvalue weighted by Crippen LogP contribution is 2.37. The van der Waals surface area contributed by atoms with Gasteiger partial charge in [0.25, 0.3) is 0 Å². The summed E-state index contributed by atoms with van der Waals surface area (Å²) in [4.78, 5) is 4.25. The van der Waals surface area contributed by atoms with Gasteiger partial charge in [-0.2, -0.15) is 5.10 Å². The fourth-order valence-electron chi connectivity index (χ4n) is 4.00. The standard InChI is InChI=1S/C24H27ClN6O5S/c1-14-11-18(28-27-14)24-30-29-21(31(24)22-19(34-3)7-6-8-20(22)35-4)13-37(32,33)15(2)23(36-5)17-10-9-16(25)12-26-17/h6-12,15,23H,13H2,1-5H3,(H,27,28)/t15-,23-/m1/s1. The highest BCUT2D eigenvalue weighted by Gasteiger charge is 2.34. The number of nitrogens with zero attached hydrogens (tertiary/aromatic N) is 5. The van der Waals surface area contributed by atoms with Gasteiger partial charge in [-0.1, -0.05) is 17.7 Å². The van der Waals surface area contributed by atoms with E-state index in [4.69, 9.17) is 25.8 Å². The number of ether oxygens (including phenoxy) is 3. The number of rotatable bonds is 10. The Morgan fingerprint density at radius 2 is 1.78 bits per heavy atom. The molecule has 1 N–H and O–H groups in total. The number of aromatic nitrogens is 6. The number of para-hydroxylation sites is 1. The number of aromatic amines is 1. The smallest absolute Gasteiger partial charge is 0.189 e. The van der Waals surface area contributed by atoms with Crippen molar-refractivity contribution >= 4 is 21.4 Å². The zero-order chi connectivity index (χ0) is 26.7. The van der Waals surface area contributed by atoms with Crippen molar-refractivity contribution in [2.75, 3.05) is 21.3 Å². The summed E-state index contributed by atoms with van der Waals surface area (Å²) in [5.41, 5.74) is 2.18. The van der Waals surface area contributed by atoms with Crippen molar-refractivity contribution in [3.05, 3.63) is 64.8 Å². The number of H-pyrrole nitrogens is 1. The fourth-order valence-corrected chi connectivity index (χ4v) is 5.55. The lowest BCUT2D eigenvalue weighted by Gasteiger charge is -2.23. The number of sulfone groups is 1. The molecule has 0 fully saturated rings. The van der Waals surface area contributed by atoms with Crippen molar-refractivity contribution in [3.8, 4) is 28.7 Å². The Balaban J connectivity index is 1.82. The third-order valence-corrected chi connectivity index (χ3v) is 8.17. The van der Waals surface area contributed by atoms with E-state index in [1.54, 1.807) is 47.9 Å². The van der Waals surface area contributed by atoms with Gasteiger partial charge in [0.05, 0.1) is 30.2 Å². The first kappa shape index (κ1) is 26.6. The SMILES string of the molecule is COc1cccc(OC)c1-n1c(CS(=O)(=O)[C@H](C)[C@@H](OC)c2ccc(Cl)cn2)nnc1-c1cc(C)[nH]n1. The molecule has 0 spiro atoms. The van der Waals surface area contributed by atoms with Gasteiger partial charge in [0.15, 0.2) is 21.5 Å².